The predicted octanol–water partition coefficient (Wildman–Crippen LogP) is 8.30. The SMILES string of the molecule is CCCCCC[C@H]1CC[C@H](/C=C/C2CCC(c3ccc(C#N)c(F)c3)CC2)CC1. The van der Waals surface area contributed by atoms with Gasteiger partial charge < -0.3 is 0 Å². The molecular weight excluding hydrogens is 357 g/mol. The highest BCUT2D eigenvalue weighted by atomic mass is 19.1. The highest BCUT2D eigenvalue weighted by Crippen LogP contribution is 2.38. The Labute approximate surface area is 177 Å². The number of unbranched alkanes of at least 4 members (excludes halogenated alkanes) is 3. The zero-order chi connectivity index (χ0) is 20.5. The second-order valence-electron chi connectivity index (χ2n) is 9.48. The summed E-state index contributed by atoms with van der Waals surface area (Å²) in [5.74, 6) is 2.56. The van der Waals surface area contributed by atoms with Gasteiger partial charge in [-0.3, -0.25) is 0 Å². The van der Waals surface area contributed by atoms with E-state index in [4.69, 9.17) is 5.26 Å². The molecule has 1 aromatic rings. The fraction of sp³-hybridized carbons (Fsp3) is 0.667. The lowest BCUT2D eigenvalue weighted by Crippen LogP contribution is -2.15. The Kier molecular flexibility index (Phi) is 8.78. The molecule has 0 heterocycles. The highest BCUT2D eigenvalue weighted by molar-refractivity contribution is 5.35. The normalized spacial score (nSPS) is 27.8. The lowest BCUT2D eigenvalue weighted by Gasteiger charge is -2.29. The van der Waals surface area contributed by atoms with Gasteiger partial charge in [-0.1, -0.05) is 57.2 Å². The summed E-state index contributed by atoms with van der Waals surface area (Å²) in [5, 5.41) is 8.90. The largest absolute Gasteiger partial charge is 0.206 e. The summed E-state index contributed by atoms with van der Waals surface area (Å²) in [6, 6.07) is 7.08. The quantitative estimate of drug-likeness (QED) is 0.321. The first-order chi connectivity index (χ1) is 14.2. The van der Waals surface area contributed by atoms with Crippen LogP contribution in [0.5, 0.6) is 0 Å². The van der Waals surface area contributed by atoms with E-state index in [0.29, 0.717) is 11.8 Å². The van der Waals surface area contributed by atoms with E-state index in [9.17, 15) is 4.39 Å². The third kappa shape index (κ3) is 6.70. The van der Waals surface area contributed by atoms with Crippen LogP contribution in [-0.2, 0) is 0 Å². The highest BCUT2D eigenvalue weighted by Gasteiger charge is 2.23. The van der Waals surface area contributed by atoms with Crippen molar-refractivity contribution in [2.24, 2.45) is 17.8 Å². The molecular formula is C27H38FN. The van der Waals surface area contributed by atoms with Crippen LogP contribution in [0.3, 0.4) is 0 Å². The van der Waals surface area contributed by atoms with Crippen LogP contribution in [0, 0.1) is 34.9 Å². The van der Waals surface area contributed by atoms with Gasteiger partial charge in [0.05, 0.1) is 5.56 Å². The summed E-state index contributed by atoms with van der Waals surface area (Å²) in [6.45, 7) is 2.29. The van der Waals surface area contributed by atoms with Crippen LogP contribution in [0.2, 0.25) is 0 Å². The van der Waals surface area contributed by atoms with E-state index in [0.717, 1.165) is 30.2 Å². The Morgan fingerprint density at radius 3 is 2.17 bits per heavy atom. The van der Waals surface area contributed by atoms with Crippen molar-refractivity contribution in [3.63, 3.8) is 0 Å². The van der Waals surface area contributed by atoms with Gasteiger partial charge in [0.15, 0.2) is 0 Å². The Morgan fingerprint density at radius 1 is 0.931 bits per heavy atom. The predicted molar refractivity (Wildman–Crippen MR) is 119 cm³/mol. The van der Waals surface area contributed by atoms with Crippen molar-refractivity contribution in [1.82, 2.24) is 0 Å². The first kappa shape index (κ1) is 22.1. The third-order valence-electron chi connectivity index (χ3n) is 7.37. The van der Waals surface area contributed by atoms with Crippen molar-refractivity contribution in [2.75, 3.05) is 0 Å². The fourth-order valence-corrected chi connectivity index (χ4v) is 5.36. The van der Waals surface area contributed by atoms with Crippen LogP contribution in [0.1, 0.15) is 107 Å². The smallest absolute Gasteiger partial charge is 0.141 e. The molecule has 0 aliphatic heterocycles. The molecule has 0 bridgehead atoms. The molecule has 0 atom stereocenters. The minimum Gasteiger partial charge on any atom is -0.206 e. The van der Waals surface area contributed by atoms with Crippen LogP contribution in [0.15, 0.2) is 30.4 Å². The number of benzene rings is 1. The molecule has 2 saturated carbocycles. The van der Waals surface area contributed by atoms with Gasteiger partial charge in [0.1, 0.15) is 11.9 Å². The second kappa shape index (κ2) is 11.5. The molecule has 158 valence electrons. The molecule has 3 rings (SSSR count). The molecule has 2 fully saturated rings. The molecule has 0 radical (unpaired) electrons. The van der Waals surface area contributed by atoms with E-state index in [1.807, 2.05) is 12.1 Å². The van der Waals surface area contributed by atoms with Gasteiger partial charge in [-0.05, 0) is 92.7 Å². The average Bonchev–Trinajstić information content (AvgIpc) is 2.76. The van der Waals surface area contributed by atoms with Crippen molar-refractivity contribution in [3.8, 4) is 6.07 Å². The van der Waals surface area contributed by atoms with E-state index in [2.05, 4.69) is 19.1 Å². The maximum atomic E-state index is 13.9. The lowest BCUT2D eigenvalue weighted by atomic mass is 9.76. The van der Waals surface area contributed by atoms with Crippen LogP contribution < -0.4 is 0 Å². The number of hydrogen-bond donors (Lipinski definition) is 0. The number of nitrogens with zero attached hydrogens (tertiary/aromatic N) is 1. The maximum absolute atomic E-state index is 13.9. The molecule has 1 aromatic carbocycles. The zero-order valence-electron chi connectivity index (χ0n) is 18.2. The minimum absolute atomic E-state index is 0.154. The van der Waals surface area contributed by atoms with E-state index >= 15 is 0 Å². The standard InChI is InChI=1S/C27H38FN/c1-2-3-4-5-6-21-7-9-22(10-8-21)11-12-23-13-15-24(16-14-23)25-17-18-26(20-29)27(28)19-25/h11-12,17-19,21-24H,2-10,13-16H2,1H3/b12-11+/t21-,22-,23?,24?. The summed E-state index contributed by atoms with van der Waals surface area (Å²) in [6.07, 6.45) is 22.4. The number of allylic oxidation sites excluding steroid dienone is 2. The van der Waals surface area contributed by atoms with Gasteiger partial charge in [0.25, 0.3) is 0 Å². The maximum Gasteiger partial charge on any atom is 0.141 e. The van der Waals surface area contributed by atoms with Crippen LogP contribution in [-0.4, -0.2) is 0 Å². The Hall–Kier alpha value is -1.62. The fourth-order valence-electron chi connectivity index (χ4n) is 5.36. The first-order valence-electron chi connectivity index (χ1n) is 12.1. The van der Waals surface area contributed by atoms with Gasteiger partial charge >= 0.3 is 0 Å². The lowest BCUT2D eigenvalue weighted by molar-refractivity contribution is 0.287. The molecule has 2 heteroatoms. The number of rotatable bonds is 8. The summed E-state index contributed by atoms with van der Waals surface area (Å²) < 4.78 is 13.9. The van der Waals surface area contributed by atoms with Gasteiger partial charge in [-0.25, -0.2) is 4.39 Å². The van der Waals surface area contributed by atoms with E-state index in [-0.39, 0.29) is 11.4 Å². The number of hydrogen-bond acceptors (Lipinski definition) is 1. The molecule has 2 aliphatic rings. The van der Waals surface area contributed by atoms with Crippen molar-refractivity contribution in [1.29, 1.82) is 5.26 Å². The average molecular weight is 396 g/mol. The molecule has 1 nitrogen and oxygen atoms in total. The minimum atomic E-state index is -0.368. The molecule has 0 N–H and O–H groups in total. The molecule has 29 heavy (non-hydrogen) atoms. The third-order valence-corrected chi connectivity index (χ3v) is 7.37. The van der Waals surface area contributed by atoms with Crippen LogP contribution >= 0.6 is 0 Å². The number of halogens is 1. The van der Waals surface area contributed by atoms with Crippen LogP contribution in [0.25, 0.3) is 0 Å². The Bertz CT molecular complexity index is 685. The molecule has 0 spiro atoms. The van der Waals surface area contributed by atoms with E-state index < -0.39 is 0 Å². The summed E-state index contributed by atoms with van der Waals surface area (Å²) in [4.78, 5) is 0. The van der Waals surface area contributed by atoms with Crippen molar-refractivity contribution < 1.29 is 4.39 Å². The van der Waals surface area contributed by atoms with Gasteiger partial charge in [0, 0.05) is 0 Å². The molecule has 0 aromatic heterocycles. The van der Waals surface area contributed by atoms with E-state index in [1.165, 1.54) is 70.6 Å². The summed E-state index contributed by atoms with van der Waals surface area (Å²) in [5.41, 5.74) is 1.22. The van der Waals surface area contributed by atoms with Gasteiger partial charge in [0.2, 0.25) is 0 Å². The Balaban J connectivity index is 1.37. The molecule has 0 saturated heterocycles. The Morgan fingerprint density at radius 2 is 1.59 bits per heavy atom. The molecule has 2 aliphatic carbocycles. The monoisotopic (exact) mass is 395 g/mol. The molecule has 0 unspecified atom stereocenters. The van der Waals surface area contributed by atoms with Crippen LogP contribution in [0.4, 0.5) is 4.39 Å². The van der Waals surface area contributed by atoms with Crippen molar-refractivity contribution in [3.05, 3.63) is 47.3 Å². The first-order valence-corrected chi connectivity index (χ1v) is 12.1. The van der Waals surface area contributed by atoms with Crippen molar-refractivity contribution >= 4 is 0 Å². The summed E-state index contributed by atoms with van der Waals surface area (Å²) >= 11 is 0. The second-order valence-corrected chi connectivity index (χ2v) is 9.48. The zero-order valence-corrected chi connectivity index (χ0v) is 18.2. The summed E-state index contributed by atoms with van der Waals surface area (Å²) in [7, 11) is 0. The van der Waals surface area contributed by atoms with Gasteiger partial charge in [-0.15, -0.1) is 0 Å². The van der Waals surface area contributed by atoms with Gasteiger partial charge in [-0.2, -0.15) is 5.26 Å². The van der Waals surface area contributed by atoms with Crippen molar-refractivity contribution in [2.45, 2.75) is 96.3 Å². The topological polar surface area (TPSA) is 23.8 Å². The molecule has 0 amide bonds. The van der Waals surface area contributed by atoms with E-state index in [1.54, 1.807) is 12.1 Å². The number of nitriles is 1.